The molecular formula is C17H23ClF6N2. The maximum Gasteiger partial charge on any atom is 0.416 e. The summed E-state index contributed by atoms with van der Waals surface area (Å²) in [6.45, 7) is 4.50. The Bertz CT molecular complexity index is 535. The molecule has 2 nitrogen and oxygen atoms in total. The van der Waals surface area contributed by atoms with Gasteiger partial charge >= 0.3 is 12.4 Å². The van der Waals surface area contributed by atoms with Crippen molar-refractivity contribution >= 4 is 12.4 Å². The van der Waals surface area contributed by atoms with Gasteiger partial charge < -0.3 is 5.32 Å². The molecule has 1 N–H and O–H groups in total. The summed E-state index contributed by atoms with van der Waals surface area (Å²) in [6.07, 6.45) is -7.52. The molecule has 0 aromatic heterocycles. The molecule has 1 aliphatic heterocycles. The van der Waals surface area contributed by atoms with E-state index >= 15 is 0 Å². The quantitative estimate of drug-likeness (QED) is 0.671. The van der Waals surface area contributed by atoms with Gasteiger partial charge in [-0.1, -0.05) is 19.8 Å². The Kier molecular flexibility index (Phi) is 8.23. The van der Waals surface area contributed by atoms with Crippen LogP contribution in [0.4, 0.5) is 26.3 Å². The number of halogens is 7. The van der Waals surface area contributed by atoms with E-state index in [2.05, 4.69) is 5.32 Å². The average Bonchev–Trinajstić information content (AvgIpc) is 2.54. The van der Waals surface area contributed by atoms with E-state index in [1.165, 1.54) is 0 Å². The lowest BCUT2D eigenvalue weighted by atomic mass is 9.94. The van der Waals surface area contributed by atoms with Crippen LogP contribution in [0.15, 0.2) is 18.2 Å². The predicted molar refractivity (Wildman–Crippen MR) is 90.4 cm³/mol. The van der Waals surface area contributed by atoms with E-state index in [1.54, 1.807) is 0 Å². The second-order valence-corrected chi connectivity index (χ2v) is 6.28. The van der Waals surface area contributed by atoms with E-state index in [0.717, 1.165) is 25.0 Å². The molecule has 1 aromatic carbocycles. The van der Waals surface area contributed by atoms with Gasteiger partial charge in [-0.3, -0.25) is 4.90 Å². The summed E-state index contributed by atoms with van der Waals surface area (Å²) < 4.78 is 78.6. The van der Waals surface area contributed by atoms with E-state index in [4.69, 9.17) is 0 Å². The van der Waals surface area contributed by atoms with Crippen molar-refractivity contribution in [3.63, 3.8) is 0 Å². The second kappa shape index (κ2) is 9.28. The number of alkyl halides is 6. The highest BCUT2D eigenvalue weighted by molar-refractivity contribution is 5.85. The molecule has 1 aliphatic rings. The molecule has 1 atom stereocenters. The van der Waals surface area contributed by atoms with Crippen LogP contribution in [0, 0.1) is 0 Å². The Labute approximate surface area is 155 Å². The van der Waals surface area contributed by atoms with Crippen molar-refractivity contribution in [2.75, 3.05) is 26.2 Å². The highest BCUT2D eigenvalue weighted by Gasteiger charge is 2.38. The zero-order valence-corrected chi connectivity index (χ0v) is 15.2. The third-order valence-electron chi connectivity index (χ3n) is 4.42. The maximum absolute atomic E-state index is 13.1. The van der Waals surface area contributed by atoms with Gasteiger partial charge in [0, 0.05) is 32.2 Å². The second-order valence-electron chi connectivity index (χ2n) is 6.28. The van der Waals surface area contributed by atoms with Crippen LogP contribution in [0.5, 0.6) is 0 Å². The van der Waals surface area contributed by atoms with E-state index in [9.17, 15) is 26.3 Å². The minimum atomic E-state index is -4.81. The molecule has 1 heterocycles. The first-order valence-corrected chi connectivity index (χ1v) is 8.37. The molecule has 0 aliphatic carbocycles. The Morgan fingerprint density at radius 3 is 1.88 bits per heavy atom. The van der Waals surface area contributed by atoms with E-state index in [-0.39, 0.29) is 24.0 Å². The Morgan fingerprint density at radius 2 is 1.46 bits per heavy atom. The zero-order valence-electron chi connectivity index (χ0n) is 14.4. The molecule has 9 heteroatoms. The van der Waals surface area contributed by atoms with Gasteiger partial charge in [-0.15, -0.1) is 12.4 Å². The summed E-state index contributed by atoms with van der Waals surface area (Å²) in [6, 6.07) is 1.50. The van der Waals surface area contributed by atoms with Gasteiger partial charge in [0.2, 0.25) is 0 Å². The molecule has 0 spiro atoms. The molecule has 150 valence electrons. The van der Waals surface area contributed by atoms with Crippen molar-refractivity contribution < 1.29 is 26.3 Å². The summed E-state index contributed by atoms with van der Waals surface area (Å²) in [5.74, 6) is 0. The van der Waals surface area contributed by atoms with Crippen LogP contribution in [-0.2, 0) is 12.4 Å². The smallest absolute Gasteiger partial charge is 0.314 e. The predicted octanol–water partition coefficient (Wildman–Crippen LogP) is 5.28. The van der Waals surface area contributed by atoms with E-state index in [0.29, 0.717) is 32.6 Å². The molecule has 1 saturated heterocycles. The SMILES string of the molecule is CCCC[C@H](c1cc(C(F)(F)F)cc(C(F)(F)F)c1)N1CCNCC1.Cl. The standard InChI is InChI=1S/C17H22F6N2.ClH/c1-2-3-4-15(25-7-5-24-6-8-25)12-9-13(16(18,19)20)11-14(10-12)17(21,22)23;/h9-11,15,24H,2-8H2,1H3;1H/t15-;/m1./s1. The van der Waals surface area contributed by atoms with Crippen molar-refractivity contribution in [1.29, 1.82) is 0 Å². The lowest BCUT2D eigenvalue weighted by Gasteiger charge is -2.36. The fourth-order valence-electron chi connectivity index (χ4n) is 3.12. The Hall–Kier alpha value is -0.990. The summed E-state index contributed by atoms with van der Waals surface area (Å²) in [4.78, 5) is 1.97. The summed E-state index contributed by atoms with van der Waals surface area (Å²) in [7, 11) is 0. The lowest BCUT2D eigenvalue weighted by Crippen LogP contribution is -2.45. The number of hydrogen-bond donors (Lipinski definition) is 1. The van der Waals surface area contributed by atoms with Crippen molar-refractivity contribution in [1.82, 2.24) is 10.2 Å². The van der Waals surface area contributed by atoms with Crippen LogP contribution in [0.25, 0.3) is 0 Å². The zero-order chi connectivity index (χ0) is 18.7. The third-order valence-corrected chi connectivity index (χ3v) is 4.42. The van der Waals surface area contributed by atoms with Gasteiger partial charge in [0.15, 0.2) is 0 Å². The van der Waals surface area contributed by atoms with Crippen molar-refractivity contribution in [2.24, 2.45) is 0 Å². The first-order valence-electron chi connectivity index (χ1n) is 8.37. The van der Waals surface area contributed by atoms with Crippen LogP contribution < -0.4 is 5.32 Å². The first kappa shape index (κ1) is 23.0. The highest BCUT2D eigenvalue weighted by atomic mass is 35.5. The molecule has 1 fully saturated rings. The topological polar surface area (TPSA) is 15.3 Å². The van der Waals surface area contributed by atoms with Crippen LogP contribution in [0.3, 0.4) is 0 Å². The first-order chi connectivity index (χ1) is 11.6. The number of unbranched alkanes of at least 4 members (excludes halogenated alkanes) is 1. The van der Waals surface area contributed by atoms with Gasteiger partial charge in [0.05, 0.1) is 11.1 Å². The molecule has 2 rings (SSSR count). The normalized spacial score (nSPS) is 17.7. The number of rotatable bonds is 5. The van der Waals surface area contributed by atoms with Gasteiger partial charge in [0.1, 0.15) is 0 Å². The average molecular weight is 405 g/mol. The van der Waals surface area contributed by atoms with Gasteiger partial charge in [0.25, 0.3) is 0 Å². The molecule has 0 bridgehead atoms. The van der Waals surface area contributed by atoms with Gasteiger partial charge in [-0.2, -0.15) is 26.3 Å². The van der Waals surface area contributed by atoms with Gasteiger partial charge in [-0.05, 0) is 30.2 Å². The number of nitrogens with zero attached hydrogens (tertiary/aromatic N) is 1. The third kappa shape index (κ3) is 6.03. The lowest BCUT2D eigenvalue weighted by molar-refractivity contribution is -0.143. The minimum Gasteiger partial charge on any atom is -0.314 e. The highest BCUT2D eigenvalue weighted by Crippen LogP contribution is 2.39. The van der Waals surface area contributed by atoms with Crippen molar-refractivity contribution in [3.05, 3.63) is 34.9 Å². The Balaban J connectivity index is 0.00000338. The molecule has 0 saturated carbocycles. The minimum absolute atomic E-state index is 0. The fourth-order valence-corrected chi connectivity index (χ4v) is 3.12. The van der Waals surface area contributed by atoms with Crippen LogP contribution in [0.2, 0.25) is 0 Å². The molecule has 0 unspecified atom stereocenters. The fraction of sp³-hybridized carbons (Fsp3) is 0.647. The van der Waals surface area contributed by atoms with Crippen LogP contribution >= 0.6 is 12.4 Å². The summed E-state index contributed by atoms with van der Waals surface area (Å²) in [5, 5.41) is 3.15. The number of benzene rings is 1. The molecule has 0 amide bonds. The van der Waals surface area contributed by atoms with Crippen molar-refractivity contribution in [3.8, 4) is 0 Å². The molecule has 0 radical (unpaired) electrons. The van der Waals surface area contributed by atoms with Crippen LogP contribution in [-0.4, -0.2) is 31.1 Å². The Morgan fingerprint density at radius 1 is 0.962 bits per heavy atom. The van der Waals surface area contributed by atoms with Gasteiger partial charge in [-0.25, -0.2) is 0 Å². The summed E-state index contributed by atoms with van der Waals surface area (Å²) >= 11 is 0. The number of hydrogen-bond acceptors (Lipinski definition) is 2. The molecular weight excluding hydrogens is 382 g/mol. The number of nitrogens with one attached hydrogen (secondary N) is 1. The van der Waals surface area contributed by atoms with E-state index in [1.807, 2.05) is 11.8 Å². The van der Waals surface area contributed by atoms with Crippen LogP contribution in [0.1, 0.15) is 48.9 Å². The van der Waals surface area contributed by atoms with Crippen molar-refractivity contribution in [2.45, 2.75) is 44.6 Å². The monoisotopic (exact) mass is 404 g/mol. The molecule has 26 heavy (non-hydrogen) atoms. The number of piperazine rings is 1. The van der Waals surface area contributed by atoms with E-state index < -0.39 is 29.5 Å². The largest absolute Gasteiger partial charge is 0.416 e. The summed E-state index contributed by atoms with van der Waals surface area (Å²) in [5.41, 5.74) is -2.39. The maximum atomic E-state index is 13.1. The molecule has 1 aromatic rings.